The summed E-state index contributed by atoms with van der Waals surface area (Å²) in [6.07, 6.45) is 1.16. The number of carboxylic acids is 3. The molecule has 3 aromatic rings. The number of carboxylic acid groups (broad SMARTS) is 3. The molecule has 0 unspecified atom stereocenters. The number of carbonyl (C=O) groups is 4. The maximum atomic E-state index is 13.7. The van der Waals surface area contributed by atoms with Crippen LogP contribution >= 0.6 is 34.9 Å². The lowest BCUT2D eigenvalue weighted by atomic mass is 10.2. The van der Waals surface area contributed by atoms with Gasteiger partial charge in [-0.25, -0.2) is 0 Å². The first-order valence-corrected chi connectivity index (χ1v) is 17.8. The van der Waals surface area contributed by atoms with E-state index >= 15 is 0 Å². The highest BCUT2D eigenvalue weighted by atomic mass is 32.2. The lowest BCUT2D eigenvalue weighted by Crippen LogP contribution is -2.35. The van der Waals surface area contributed by atoms with E-state index in [2.05, 4.69) is 0 Å². The minimum Gasteiger partial charge on any atom is -0.491 e. The molecule has 0 aliphatic carbocycles. The first kappa shape index (κ1) is 36.9. The van der Waals surface area contributed by atoms with Gasteiger partial charge in [-0.1, -0.05) is 12.1 Å². The Bertz CT molecular complexity index is 2490. The molecule has 4 N–H and O–H groups in total. The highest BCUT2D eigenvalue weighted by Gasteiger charge is 2.37. The topological polar surface area (TPSA) is 262 Å². The standard InChI is InChI=1S/C28H24N4O15S4/c1-45-15(25-29(7-4-8-51(42,43)44)13-5-2-3-6-14(13)46-25)9-16-22(39)30(10-17(33)34)27(49-16)21-24(41)31(11-18(35)36)26(50-21)20-23(40)32(12-19(37)38)28(48)47-20/h2-3,5-6,9H,4,7-8,10-12H2,1H3,(H,33,34)(H,35,36)(H,37,38)(H,42,43,44)/b16-9?,25-15?,26-20?,27-21+. The van der Waals surface area contributed by atoms with Crippen LogP contribution in [0.4, 0.5) is 5.69 Å². The molecule has 2 aliphatic rings. The first-order valence-electron chi connectivity index (χ1n) is 14.2. The number of anilines is 1. The Kier molecular flexibility index (Phi) is 10.5. The maximum Gasteiger partial charge on any atom is 0.323 e. The van der Waals surface area contributed by atoms with E-state index < -0.39 is 81.4 Å². The van der Waals surface area contributed by atoms with Gasteiger partial charge >= 0.3 is 23.8 Å². The van der Waals surface area contributed by atoms with Crippen LogP contribution in [0.2, 0.25) is 0 Å². The average molecular weight is 785 g/mol. The van der Waals surface area contributed by atoms with Crippen molar-refractivity contribution in [1.29, 1.82) is 0 Å². The summed E-state index contributed by atoms with van der Waals surface area (Å²) in [5, 5.41) is 27.8. The lowest BCUT2D eigenvalue weighted by Gasteiger charge is -2.19. The Balaban J connectivity index is 1.78. The number of amides is 1. The second kappa shape index (κ2) is 14.5. The van der Waals surface area contributed by atoms with Gasteiger partial charge in [0.15, 0.2) is 11.5 Å². The van der Waals surface area contributed by atoms with Crippen molar-refractivity contribution in [2.45, 2.75) is 19.5 Å². The monoisotopic (exact) mass is 784 g/mol. The summed E-state index contributed by atoms with van der Waals surface area (Å²) in [5.74, 6) is -6.43. The highest BCUT2D eigenvalue weighted by molar-refractivity contribution is 7.85. The Morgan fingerprint density at radius 3 is 2.14 bits per heavy atom. The van der Waals surface area contributed by atoms with Crippen molar-refractivity contribution in [2.75, 3.05) is 30.9 Å². The van der Waals surface area contributed by atoms with E-state index in [1.54, 1.807) is 29.2 Å². The van der Waals surface area contributed by atoms with Crippen molar-refractivity contribution < 1.29 is 61.7 Å². The van der Waals surface area contributed by atoms with Crippen LogP contribution in [0.5, 0.6) is 5.75 Å². The molecule has 4 heterocycles. The number of thiazole rings is 2. The summed E-state index contributed by atoms with van der Waals surface area (Å²) in [6, 6.07) is 6.67. The second-order valence-corrected chi connectivity index (χ2v) is 14.4. The fraction of sp³-hybridized carbons (Fsp3) is 0.250. The molecular weight excluding hydrogens is 761 g/mol. The third-order valence-electron chi connectivity index (χ3n) is 6.99. The molecular formula is C28H24N4O15S4. The van der Waals surface area contributed by atoms with E-state index in [0.717, 1.165) is 4.57 Å². The average Bonchev–Trinajstić information content (AvgIpc) is 3.73. The van der Waals surface area contributed by atoms with Crippen LogP contribution in [0.1, 0.15) is 6.42 Å². The van der Waals surface area contributed by atoms with Gasteiger partial charge in [0.05, 0.1) is 23.1 Å². The zero-order chi connectivity index (χ0) is 37.4. The molecule has 51 heavy (non-hydrogen) atoms. The van der Waals surface area contributed by atoms with Crippen LogP contribution in [-0.2, 0) is 51.9 Å². The SMILES string of the molecule is COC(C=c1s/c(=c2/sc(=C3OC(=S)N(CC(=O)O)C3=O)n(CC(=O)O)c2=O)n(CC(=O)O)c1=O)=C1Oc2ccccc2N1CCCS(=O)(=O)O. The Hall–Kier alpha value is -5.36. The normalized spacial score (nSPS) is 17.3. The van der Waals surface area contributed by atoms with Crippen molar-refractivity contribution in [2.24, 2.45) is 0 Å². The van der Waals surface area contributed by atoms with Crippen LogP contribution in [0.25, 0.3) is 11.8 Å². The van der Waals surface area contributed by atoms with Gasteiger partial charge in [-0.3, -0.25) is 47.4 Å². The Morgan fingerprint density at radius 2 is 1.53 bits per heavy atom. The van der Waals surface area contributed by atoms with Gasteiger partial charge in [0.25, 0.3) is 26.4 Å². The van der Waals surface area contributed by atoms with E-state index in [9.17, 15) is 52.0 Å². The van der Waals surface area contributed by atoms with Gasteiger partial charge in [0.2, 0.25) is 11.6 Å². The van der Waals surface area contributed by atoms with Crippen molar-refractivity contribution in [1.82, 2.24) is 14.0 Å². The molecule has 0 saturated carbocycles. The van der Waals surface area contributed by atoms with Gasteiger partial charge in [-0.05, 0) is 30.8 Å². The summed E-state index contributed by atoms with van der Waals surface area (Å²) in [6.45, 7) is -2.83. The molecule has 5 rings (SSSR count). The molecule has 0 spiro atoms. The number of para-hydroxylation sites is 2. The largest absolute Gasteiger partial charge is 0.491 e. The van der Waals surface area contributed by atoms with Crippen LogP contribution in [-0.4, -0.2) is 97.3 Å². The number of benzene rings is 1. The van der Waals surface area contributed by atoms with Gasteiger partial charge in [0, 0.05) is 12.6 Å². The number of aliphatic carboxylic acids is 3. The Labute approximate surface area is 297 Å². The quantitative estimate of drug-likeness (QED) is 0.0945. The number of thiocarbonyl (C=S) groups is 1. The predicted molar refractivity (Wildman–Crippen MR) is 180 cm³/mol. The molecule has 2 aromatic heterocycles. The fourth-order valence-electron chi connectivity index (χ4n) is 4.93. The molecule has 270 valence electrons. The summed E-state index contributed by atoms with van der Waals surface area (Å²) in [5.41, 5.74) is -1.44. The van der Waals surface area contributed by atoms with E-state index in [-0.39, 0.29) is 43.0 Å². The van der Waals surface area contributed by atoms with Crippen molar-refractivity contribution in [3.05, 3.63) is 75.0 Å². The third kappa shape index (κ3) is 7.70. The lowest BCUT2D eigenvalue weighted by molar-refractivity contribution is -0.140. The summed E-state index contributed by atoms with van der Waals surface area (Å²) in [4.78, 5) is 77.5. The van der Waals surface area contributed by atoms with Crippen molar-refractivity contribution in [3.8, 4) is 5.75 Å². The number of carbonyl (C=O) groups excluding carboxylic acids is 1. The summed E-state index contributed by atoms with van der Waals surface area (Å²) < 4.78 is 49.0. The molecule has 1 fully saturated rings. The van der Waals surface area contributed by atoms with Crippen molar-refractivity contribution in [3.63, 3.8) is 0 Å². The molecule has 1 saturated heterocycles. The minimum atomic E-state index is -4.29. The summed E-state index contributed by atoms with van der Waals surface area (Å²) >= 11 is 6.07. The number of rotatable bonds is 12. The molecule has 0 radical (unpaired) electrons. The first-order chi connectivity index (χ1) is 24.0. The molecule has 23 heteroatoms. The molecule has 1 aromatic carbocycles. The van der Waals surface area contributed by atoms with Crippen LogP contribution in [0.3, 0.4) is 0 Å². The number of ether oxygens (including phenoxy) is 3. The predicted octanol–water partition coefficient (Wildman–Crippen LogP) is -1.30. The van der Waals surface area contributed by atoms with Gasteiger partial charge in [-0.15, -0.1) is 22.7 Å². The number of fused-ring (bicyclic) bond motifs is 1. The van der Waals surface area contributed by atoms with Gasteiger partial charge in [-0.2, -0.15) is 8.42 Å². The maximum absolute atomic E-state index is 13.7. The van der Waals surface area contributed by atoms with E-state index in [4.69, 9.17) is 31.5 Å². The van der Waals surface area contributed by atoms with E-state index in [1.807, 2.05) is 0 Å². The number of allylic oxidation sites excluding steroid dienone is 1. The van der Waals surface area contributed by atoms with Gasteiger partial charge in [0.1, 0.15) is 33.5 Å². The third-order valence-corrected chi connectivity index (χ3v) is 10.5. The fourth-order valence-corrected chi connectivity index (χ4v) is 7.98. The molecule has 0 atom stereocenters. The van der Waals surface area contributed by atoms with Crippen LogP contribution < -0.4 is 30.0 Å². The smallest absolute Gasteiger partial charge is 0.323 e. The van der Waals surface area contributed by atoms with E-state index in [0.29, 0.717) is 43.6 Å². The van der Waals surface area contributed by atoms with E-state index in [1.165, 1.54) is 13.2 Å². The van der Waals surface area contributed by atoms with Crippen molar-refractivity contribution >= 4 is 91.5 Å². The second-order valence-electron chi connectivity index (χ2n) is 10.4. The van der Waals surface area contributed by atoms with Crippen LogP contribution in [0.15, 0.2) is 45.5 Å². The summed E-state index contributed by atoms with van der Waals surface area (Å²) in [7, 11) is -3.05. The molecule has 1 amide bonds. The molecule has 19 nitrogen and oxygen atoms in total. The number of nitrogens with zero attached hydrogens (tertiary/aromatic N) is 4. The highest BCUT2D eigenvalue weighted by Crippen LogP contribution is 2.40. The number of methoxy groups -OCH3 is 1. The molecule has 2 aliphatic heterocycles. The van der Waals surface area contributed by atoms with Crippen LogP contribution in [0, 0.1) is 9.20 Å². The zero-order valence-electron chi connectivity index (χ0n) is 25.8. The number of hydrogen-bond donors (Lipinski definition) is 4. The zero-order valence-corrected chi connectivity index (χ0v) is 29.1. The number of aromatic nitrogens is 2. The Morgan fingerprint density at radius 1 is 0.902 bits per heavy atom. The molecule has 0 bridgehead atoms. The van der Waals surface area contributed by atoms with Gasteiger partial charge < -0.3 is 34.4 Å². The number of hydrogen-bond acceptors (Lipinski definition) is 15. The minimum absolute atomic E-state index is 0.0137.